The van der Waals surface area contributed by atoms with Crippen LogP contribution in [-0.4, -0.2) is 14.5 Å². The molecule has 0 fully saturated rings. The van der Waals surface area contributed by atoms with Gasteiger partial charge in [0.15, 0.2) is 5.65 Å². The molecular weight excluding hydrogens is 298 g/mol. The molecule has 0 saturated carbocycles. The molecule has 2 heterocycles. The van der Waals surface area contributed by atoms with Gasteiger partial charge in [-0.2, -0.15) is 10.4 Å². The summed E-state index contributed by atoms with van der Waals surface area (Å²) in [6.07, 6.45) is 2.27. The van der Waals surface area contributed by atoms with Crippen molar-refractivity contribution in [2.75, 3.05) is 0 Å². The van der Waals surface area contributed by atoms with Crippen molar-refractivity contribution < 1.29 is 0 Å². The monoisotopic (exact) mass is 302 g/mol. The standard InChI is InChI=1S/C7H4IN4P/c8-13-12-7-5(4-10-12)1-2-6(3-9)11-7/h1-2,4,13H. The number of hydrogen-bond acceptors (Lipinski definition) is 3. The molecule has 1 unspecified atom stereocenters. The highest BCUT2D eigenvalue weighted by Gasteiger charge is 2.03. The van der Waals surface area contributed by atoms with Crippen LogP contribution in [0, 0.1) is 11.3 Å². The normalized spacial score (nSPS) is 11.1. The van der Waals surface area contributed by atoms with E-state index in [1.54, 1.807) is 16.7 Å². The predicted octanol–water partition coefficient (Wildman–Crippen LogP) is 2.09. The second kappa shape index (κ2) is 3.56. The Kier molecular flexibility index (Phi) is 2.42. The Hall–Kier alpha value is -0.730. The van der Waals surface area contributed by atoms with Crippen LogP contribution in [0.4, 0.5) is 0 Å². The van der Waals surface area contributed by atoms with E-state index in [0.29, 0.717) is 12.1 Å². The van der Waals surface area contributed by atoms with Gasteiger partial charge in [0, 0.05) is 5.39 Å². The maximum atomic E-state index is 8.66. The Morgan fingerprint density at radius 3 is 3.08 bits per heavy atom. The summed E-state index contributed by atoms with van der Waals surface area (Å²) in [5.41, 5.74) is 1.22. The zero-order valence-electron chi connectivity index (χ0n) is 6.40. The van der Waals surface area contributed by atoms with Crippen molar-refractivity contribution in [3.05, 3.63) is 24.0 Å². The van der Waals surface area contributed by atoms with Crippen LogP contribution in [0.25, 0.3) is 11.0 Å². The Bertz CT molecular complexity index is 487. The Morgan fingerprint density at radius 2 is 2.38 bits per heavy atom. The molecule has 0 aliphatic rings. The lowest BCUT2D eigenvalue weighted by molar-refractivity contribution is 1.02. The second-order valence-electron chi connectivity index (χ2n) is 2.36. The van der Waals surface area contributed by atoms with Crippen LogP contribution in [0.5, 0.6) is 0 Å². The van der Waals surface area contributed by atoms with E-state index >= 15 is 0 Å². The summed E-state index contributed by atoms with van der Waals surface area (Å²) in [4.78, 5) is 4.17. The molecule has 0 amide bonds. The average molecular weight is 302 g/mol. The van der Waals surface area contributed by atoms with E-state index in [1.165, 1.54) is 0 Å². The van der Waals surface area contributed by atoms with Crippen LogP contribution in [0.15, 0.2) is 18.3 Å². The lowest BCUT2D eigenvalue weighted by Gasteiger charge is -1.95. The van der Waals surface area contributed by atoms with Crippen molar-refractivity contribution in [1.82, 2.24) is 14.5 Å². The van der Waals surface area contributed by atoms with Crippen molar-refractivity contribution in [3.63, 3.8) is 0 Å². The summed E-state index contributed by atoms with van der Waals surface area (Å²) >= 11 is 2.23. The molecule has 2 aromatic rings. The van der Waals surface area contributed by atoms with Gasteiger partial charge in [-0.1, -0.05) is 0 Å². The Morgan fingerprint density at radius 1 is 1.54 bits per heavy atom. The van der Waals surface area contributed by atoms with E-state index in [1.807, 2.05) is 12.1 Å². The second-order valence-corrected chi connectivity index (χ2v) is 4.40. The molecule has 2 aromatic heterocycles. The van der Waals surface area contributed by atoms with Crippen molar-refractivity contribution in [2.45, 2.75) is 0 Å². The topological polar surface area (TPSA) is 54.5 Å². The fourth-order valence-corrected chi connectivity index (χ4v) is 2.45. The van der Waals surface area contributed by atoms with E-state index in [-0.39, 0.29) is 0 Å². The highest BCUT2D eigenvalue weighted by molar-refractivity contribution is 14.2. The van der Waals surface area contributed by atoms with Crippen molar-refractivity contribution in [3.8, 4) is 6.07 Å². The molecule has 0 radical (unpaired) electrons. The Labute approximate surface area is 89.3 Å². The molecule has 0 N–H and O–H groups in total. The SMILES string of the molecule is N#Cc1ccc2cnn(PI)c2n1. The highest BCUT2D eigenvalue weighted by atomic mass is 127. The van der Waals surface area contributed by atoms with E-state index in [0.717, 1.165) is 11.0 Å². The molecule has 0 spiro atoms. The third-order valence-corrected chi connectivity index (χ3v) is 3.47. The molecule has 0 bridgehead atoms. The van der Waals surface area contributed by atoms with Crippen LogP contribution < -0.4 is 0 Å². The molecular formula is C7H4IN4P. The number of pyridine rings is 1. The number of aromatic nitrogens is 3. The number of fused-ring (bicyclic) bond motifs is 1. The number of halogens is 1. The maximum absolute atomic E-state index is 8.66. The van der Waals surface area contributed by atoms with Crippen LogP contribution in [0.3, 0.4) is 0 Å². The van der Waals surface area contributed by atoms with Gasteiger partial charge in [-0.3, -0.25) is 0 Å². The molecule has 2 rings (SSSR count). The smallest absolute Gasteiger partial charge is 0.163 e. The zero-order valence-corrected chi connectivity index (χ0v) is 9.56. The van der Waals surface area contributed by atoms with Gasteiger partial charge in [0.1, 0.15) is 11.8 Å². The van der Waals surface area contributed by atoms with Gasteiger partial charge in [-0.25, -0.2) is 9.44 Å². The summed E-state index contributed by atoms with van der Waals surface area (Å²) in [5, 5.41) is 13.8. The first-order valence-corrected chi connectivity index (χ1v) is 7.53. The summed E-state index contributed by atoms with van der Waals surface area (Å²) in [6.45, 7) is 0. The van der Waals surface area contributed by atoms with Crippen LogP contribution >= 0.6 is 28.4 Å². The minimum atomic E-state index is 0.434. The van der Waals surface area contributed by atoms with Gasteiger partial charge in [0.2, 0.25) is 0 Å². The van der Waals surface area contributed by atoms with Gasteiger partial charge < -0.3 is 0 Å². The summed E-state index contributed by atoms with van der Waals surface area (Å²) < 4.78 is 1.79. The lowest BCUT2D eigenvalue weighted by Crippen LogP contribution is -1.88. The molecule has 6 heteroatoms. The van der Waals surface area contributed by atoms with E-state index < -0.39 is 0 Å². The molecule has 64 valence electrons. The van der Waals surface area contributed by atoms with Crippen LogP contribution in [-0.2, 0) is 0 Å². The minimum absolute atomic E-state index is 0.434. The first-order valence-electron chi connectivity index (χ1n) is 3.46. The number of rotatable bonds is 1. The quantitative estimate of drug-likeness (QED) is 0.599. The highest BCUT2D eigenvalue weighted by Crippen LogP contribution is 2.26. The van der Waals surface area contributed by atoms with E-state index in [2.05, 4.69) is 32.1 Å². The van der Waals surface area contributed by atoms with Gasteiger partial charge in [-0.05, 0) is 34.2 Å². The first-order chi connectivity index (χ1) is 6.35. The average Bonchev–Trinajstić information content (AvgIpc) is 2.59. The fraction of sp³-hybridized carbons (Fsp3) is 0. The molecule has 0 aliphatic heterocycles. The third kappa shape index (κ3) is 1.52. The number of nitriles is 1. The van der Waals surface area contributed by atoms with Gasteiger partial charge in [-0.15, -0.1) is 0 Å². The Balaban J connectivity index is 2.73. The molecule has 0 saturated heterocycles. The zero-order chi connectivity index (χ0) is 9.26. The van der Waals surface area contributed by atoms with Crippen LogP contribution in [0.2, 0.25) is 0 Å². The first kappa shape index (κ1) is 8.85. The molecule has 13 heavy (non-hydrogen) atoms. The van der Waals surface area contributed by atoms with E-state index in [9.17, 15) is 0 Å². The number of hydrogen-bond donors (Lipinski definition) is 0. The van der Waals surface area contributed by atoms with Gasteiger partial charge >= 0.3 is 0 Å². The molecule has 1 atom stereocenters. The summed E-state index contributed by atoms with van der Waals surface area (Å²) in [7, 11) is 0. The lowest BCUT2D eigenvalue weighted by atomic mass is 10.3. The fourth-order valence-electron chi connectivity index (χ4n) is 1.03. The van der Waals surface area contributed by atoms with Gasteiger partial charge in [0.05, 0.1) is 12.6 Å². The molecule has 0 aliphatic carbocycles. The van der Waals surface area contributed by atoms with Gasteiger partial charge in [0.25, 0.3) is 0 Å². The molecule has 0 aromatic carbocycles. The minimum Gasteiger partial charge on any atom is -0.219 e. The largest absolute Gasteiger partial charge is 0.219 e. The number of nitrogens with zero attached hydrogens (tertiary/aromatic N) is 4. The molecule has 4 nitrogen and oxygen atoms in total. The van der Waals surface area contributed by atoms with Crippen LogP contribution in [0.1, 0.15) is 5.69 Å². The summed E-state index contributed by atoms with van der Waals surface area (Å²) in [6, 6.07) is 5.57. The van der Waals surface area contributed by atoms with Crippen molar-refractivity contribution >= 4 is 39.4 Å². The third-order valence-electron chi connectivity index (χ3n) is 1.61. The summed E-state index contributed by atoms with van der Waals surface area (Å²) in [5.74, 6) is 0. The van der Waals surface area contributed by atoms with Crippen molar-refractivity contribution in [2.24, 2.45) is 0 Å². The van der Waals surface area contributed by atoms with Crippen molar-refractivity contribution in [1.29, 1.82) is 5.26 Å². The predicted molar refractivity (Wildman–Crippen MR) is 60.0 cm³/mol. The maximum Gasteiger partial charge on any atom is 0.163 e. The van der Waals surface area contributed by atoms with E-state index in [4.69, 9.17) is 5.26 Å².